The lowest BCUT2D eigenvalue weighted by Crippen LogP contribution is -2.45. The molecule has 1 aromatic rings. The van der Waals surface area contributed by atoms with Crippen LogP contribution in [0.4, 0.5) is 5.69 Å². The summed E-state index contributed by atoms with van der Waals surface area (Å²) in [6.45, 7) is 4.02. The van der Waals surface area contributed by atoms with Crippen molar-refractivity contribution in [2.75, 3.05) is 31.2 Å². The Bertz CT molecular complexity index is 664. The number of hydrogen-bond donors (Lipinski definition) is 2. The summed E-state index contributed by atoms with van der Waals surface area (Å²) in [7, 11) is 0. The number of ether oxygens (including phenoxy) is 2. The minimum Gasteiger partial charge on any atom is -0.486 e. The average molecular weight is 361 g/mol. The van der Waals surface area contributed by atoms with Crippen molar-refractivity contribution in [3.05, 3.63) is 18.2 Å². The SMILES string of the molecule is CCCCC(CN)NC(=O)C1CCN(c2ccc3c(c2)OCCO3)C1=O. The maximum Gasteiger partial charge on any atom is 0.239 e. The van der Waals surface area contributed by atoms with E-state index in [9.17, 15) is 9.59 Å². The third kappa shape index (κ3) is 3.93. The summed E-state index contributed by atoms with van der Waals surface area (Å²) in [4.78, 5) is 26.9. The van der Waals surface area contributed by atoms with Gasteiger partial charge in [-0.25, -0.2) is 0 Å². The van der Waals surface area contributed by atoms with E-state index in [1.54, 1.807) is 17.0 Å². The summed E-state index contributed by atoms with van der Waals surface area (Å²) < 4.78 is 11.1. The summed E-state index contributed by atoms with van der Waals surface area (Å²) in [5, 5.41) is 2.94. The minimum absolute atomic E-state index is 0.0707. The highest BCUT2D eigenvalue weighted by Crippen LogP contribution is 2.36. The number of unbranched alkanes of at least 4 members (excludes halogenated alkanes) is 1. The number of nitrogens with one attached hydrogen (secondary N) is 1. The van der Waals surface area contributed by atoms with Gasteiger partial charge in [-0.3, -0.25) is 9.59 Å². The molecule has 2 aliphatic heterocycles. The Labute approximate surface area is 153 Å². The van der Waals surface area contributed by atoms with Gasteiger partial charge in [0.1, 0.15) is 19.1 Å². The van der Waals surface area contributed by atoms with Crippen molar-refractivity contribution in [3.8, 4) is 11.5 Å². The van der Waals surface area contributed by atoms with E-state index in [0.717, 1.165) is 24.9 Å². The van der Waals surface area contributed by atoms with Crippen LogP contribution < -0.4 is 25.4 Å². The van der Waals surface area contributed by atoms with Crippen molar-refractivity contribution in [2.24, 2.45) is 11.7 Å². The van der Waals surface area contributed by atoms with Crippen LogP contribution in [0.2, 0.25) is 0 Å². The molecule has 3 N–H and O–H groups in total. The quantitative estimate of drug-likeness (QED) is 0.717. The van der Waals surface area contributed by atoms with Crippen LogP contribution >= 0.6 is 0 Å². The van der Waals surface area contributed by atoms with Crippen LogP contribution in [0.5, 0.6) is 11.5 Å². The number of amides is 2. The first-order chi connectivity index (χ1) is 12.6. The number of rotatable bonds is 7. The van der Waals surface area contributed by atoms with Gasteiger partial charge in [-0.2, -0.15) is 0 Å². The van der Waals surface area contributed by atoms with E-state index in [4.69, 9.17) is 15.2 Å². The zero-order valence-electron chi connectivity index (χ0n) is 15.2. The molecule has 2 heterocycles. The number of benzene rings is 1. The average Bonchev–Trinajstić information content (AvgIpc) is 3.06. The van der Waals surface area contributed by atoms with Crippen molar-refractivity contribution in [3.63, 3.8) is 0 Å². The fourth-order valence-electron chi connectivity index (χ4n) is 3.38. The molecule has 26 heavy (non-hydrogen) atoms. The first-order valence-corrected chi connectivity index (χ1v) is 9.35. The maximum absolute atomic E-state index is 12.8. The van der Waals surface area contributed by atoms with E-state index >= 15 is 0 Å². The molecule has 0 aliphatic carbocycles. The molecule has 7 heteroatoms. The molecule has 2 unspecified atom stereocenters. The van der Waals surface area contributed by atoms with Gasteiger partial charge in [-0.1, -0.05) is 19.8 Å². The first-order valence-electron chi connectivity index (χ1n) is 9.35. The smallest absolute Gasteiger partial charge is 0.239 e. The van der Waals surface area contributed by atoms with Gasteiger partial charge in [0, 0.05) is 30.9 Å². The monoisotopic (exact) mass is 361 g/mol. The number of carbonyl (C=O) groups is 2. The molecular formula is C19H27N3O4. The molecule has 142 valence electrons. The Balaban J connectivity index is 1.65. The third-order valence-electron chi connectivity index (χ3n) is 4.90. The highest BCUT2D eigenvalue weighted by molar-refractivity contribution is 6.09. The number of hydrogen-bond acceptors (Lipinski definition) is 5. The van der Waals surface area contributed by atoms with Crippen molar-refractivity contribution >= 4 is 17.5 Å². The third-order valence-corrected chi connectivity index (χ3v) is 4.90. The molecule has 0 saturated carbocycles. The summed E-state index contributed by atoms with van der Waals surface area (Å²) in [5.41, 5.74) is 6.47. The number of fused-ring (bicyclic) bond motifs is 1. The molecule has 0 aromatic heterocycles. The standard InChI is InChI=1S/C19H27N3O4/c1-2-3-4-13(12-20)21-18(23)15-7-8-22(19(15)24)14-5-6-16-17(11-14)26-10-9-25-16/h5-6,11,13,15H,2-4,7-10,12,20H2,1H3,(H,21,23). The second-order valence-electron chi connectivity index (χ2n) is 6.74. The van der Waals surface area contributed by atoms with Crippen LogP contribution in [0.25, 0.3) is 0 Å². The van der Waals surface area contributed by atoms with Crippen LogP contribution in [0, 0.1) is 5.92 Å². The predicted molar refractivity (Wildman–Crippen MR) is 98.4 cm³/mol. The molecular weight excluding hydrogens is 334 g/mol. The van der Waals surface area contributed by atoms with Crippen molar-refractivity contribution in [1.82, 2.24) is 5.32 Å². The lowest BCUT2D eigenvalue weighted by molar-refractivity contribution is -0.132. The van der Waals surface area contributed by atoms with E-state index < -0.39 is 5.92 Å². The number of nitrogens with zero attached hydrogens (tertiary/aromatic N) is 1. The molecule has 0 spiro atoms. The van der Waals surface area contributed by atoms with Crippen LogP contribution in [-0.4, -0.2) is 44.2 Å². The van der Waals surface area contributed by atoms with Crippen LogP contribution in [-0.2, 0) is 9.59 Å². The molecule has 3 rings (SSSR count). The molecule has 2 atom stereocenters. The maximum atomic E-state index is 12.8. The van der Waals surface area contributed by atoms with Gasteiger partial charge < -0.3 is 25.4 Å². The van der Waals surface area contributed by atoms with E-state index in [-0.39, 0.29) is 17.9 Å². The van der Waals surface area contributed by atoms with Gasteiger partial charge in [0.05, 0.1) is 0 Å². The van der Waals surface area contributed by atoms with Crippen LogP contribution in [0.1, 0.15) is 32.6 Å². The Morgan fingerprint density at radius 3 is 2.85 bits per heavy atom. The molecule has 2 amide bonds. The Hall–Kier alpha value is -2.28. The lowest BCUT2D eigenvalue weighted by atomic mass is 10.1. The van der Waals surface area contributed by atoms with Gasteiger partial charge in [-0.05, 0) is 25.0 Å². The van der Waals surface area contributed by atoms with E-state index in [2.05, 4.69) is 12.2 Å². The van der Waals surface area contributed by atoms with Crippen LogP contribution in [0.15, 0.2) is 18.2 Å². The molecule has 0 bridgehead atoms. The molecule has 1 saturated heterocycles. The van der Waals surface area contributed by atoms with E-state index in [1.165, 1.54) is 0 Å². The fourth-order valence-corrected chi connectivity index (χ4v) is 3.38. The summed E-state index contributed by atoms with van der Waals surface area (Å²) in [6, 6.07) is 5.37. The molecule has 1 fully saturated rings. The molecule has 2 aliphatic rings. The normalized spacial score (nSPS) is 20.2. The summed E-state index contributed by atoms with van der Waals surface area (Å²) >= 11 is 0. The van der Waals surface area contributed by atoms with Crippen LogP contribution in [0.3, 0.4) is 0 Å². The second kappa shape index (κ2) is 8.40. The van der Waals surface area contributed by atoms with Crippen molar-refractivity contribution < 1.29 is 19.1 Å². The zero-order valence-corrected chi connectivity index (χ0v) is 15.2. The number of carbonyl (C=O) groups excluding carboxylic acids is 2. The Kier molecular flexibility index (Phi) is 5.98. The highest BCUT2D eigenvalue weighted by atomic mass is 16.6. The van der Waals surface area contributed by atoms with Gasteiger partial charge >= 0.3 is 0 Å². The fraction of sp³-hybridized carbons (Fsp3) is 0.579. The Morgan fingerprint density at radius 1 is 1.35 bits per heavy atom. The lowest BCUT2D eigenvalue weighted by Gasteiger charge is -2.22. The highest BCUT2D eigenvalue weighted by Gasteiger charge is 2.38. The van der Waals surface area contributed by atoms with Gasteiger partial charge in [0.15, 0.2) is 11.5 Å². The largest absolute Gasteiger partial charge is 0.486 e. The second-order valence-corrected chi connectivity index (χ2v) is 6.74. The Morgan fingerprint density at radius 2 is 2.12 bits per heavy atom. The topological polar surface area (TPSA) is 93.9 Å². The molecule has 7 nitrogen and oxygen atoms in total. The predicted octanol–water partition coefficient (Wildman–Crippen LogP) is 1.44. The van der Waals surface area contributed by atoms with Gasteiger partial charge in [0.2, 0.25) is 11.8 Å². The molecule has 0 radical (unpaired) electrons. The number of nitrogens with two attached hydrogens (primary N) is 1. The van der Waals surface area contributed by atoms with Gasteiger partial charge in [0.25, 0.3) is 0 Å². The summed E-state index contributed by atoms with van der Waals surface area (Å²) in [6.07, 6.45) is 3.40. The van der Waals surface area contributed by atoms with Crippen molar-refractivity contribution in [1.29, 1.82) is 0 Å². The summed E-state index contributed by atoms with van der Waals surface area (Å²) in [5.74, 6) is 0.269. The minimum atomic E-state index is -0.654. The van der Waals surface area contributed by atoms with Crippen molar-refractivity contribution in [2.45, 2.75) is 38.6 Å². The first kappa shape index (κ1) is 18.5. The van der Waals surface area contributed by atoms with Gasteiger partial charge in [-0.15, -0.1) is 0 Å². The molecule has 1 aromatic carbocycles. The number of anilines is 1. The van der Waals surface area contributed by atoms with E-state index in [0.29, 0.717) is 44.2 Å². The zero-order chi connectivity index (χ0) is 18.5. The van der Waals surface area contributed by atoms with E-state index in [1.807, 2.05) is 6.07 Å².